The second-order valence-corrected chi connectivity index (χ2v) is 7.60. The summed E-state index contributed by atoms with van der Waals surface area (Å²) >= 11 is 6.02. The van der Waals surface area contributed by atoms with Crippen molar-refractivity contribution in [2.24, 2.45) is 5.41 Å². The molecule has 0 saturated carbocycles. The fraction of sp³-hybridized carbons (Fsp3) is 0.556. The molecule has 1 aromatic rings. The van der Waals surface area contributed by atoms with Gasteiger partial charge in [0.2, 0.25) is 11.8 Å². The van der Waals surface area contributed by atoms with Gasteiger partial charge >= 0.3 is 0 Å². The smallest absolute Gasteiger partial charge is 0.245 e. The Labute approximate surface area is 143 Å². The van der Waals surface area contributed by atoms with Crippen molar-refractivity contribution in [1.29, 1.82) is 0 Å². The molecule has 2 amide bonds. The predicted molar refractivity (Wildman–Crippen MR) is 92.1 cm³/mol. The van der Waals surface area contributed by atoms with E-state index < -0.39 is 11.5 Å². The first-order chi connectivity index (χ1) is 10.8. The van der Waals surface area contributed by atoms with Gasteiger partial charge in [-0.05, 0) is 37.0 Å². The molecule has 4 nitrogen and oxygen atoms in total. The molecule has 23 heavy (non-hydrogen) atoms. The third-order valence-electron chi connectivity index (χ3n) is 4.03. The normalized spacial score (nSPS) is 19.4. The van der Waals surface area contributed by atoms with Gasteiger partial charge in [0, 0.05) is 23.5 Å². The molecule has 0 aromatic heterocycles. The van der Waals surface area contributed by atoms with E-state index >= 15 is 0 Å². The highest BCUT2D eigenvalue weighted by molar-refractivity contribution is 6.30. The van der Waals surface area contributed by atoms with Crippen molar-refractivity contribution in [3.8, 4) is 0 Å². The molecular formula is C18H25ClN2O2. The summed E-state index contributed by atoms with van der Waals surface area (Å²) in [6.45, 7) is 6.81. The molecule has 1 aromatic carbocycles. The number of hydrogen-bond donors (Lipinski definition) is 1. The van der Waals surface area contributed by atoms with E-state index in [0.717, 1.165) is 18.4 Å². The Hall–Kier alpha value is -1.55. The quantitative estimate of drug-likeness (QED) is 0.919. The predicted octanol–water partition coefficient (Wildman–Crippen LogP) is 3.38. The molecule has 2 rings (SSSR count). The number of halogens is 1. The molecule has 1 fully saturated rings. The molecule has 5 heteroatoms. The Bertz CT molecular complexity index is 581. The largest absolute Gasteiger partial charge is 0.344 e. The molecular weight excluding hydrogens is 312 g/mol. The van der Waals surface area contributed by atoms with Crippen LogP contribution in [-0.4, -0.2) is 29.3 Å². The summed E-state index contributed by atoms with van der Waals surface area (Å²) in [6.07, 6.45) is 2.59. The summed E-state index contributed by atoms with van der Waals surface area (Å²) < 4.78 is 0. The van der Waals surface area contributed by atoms with Crippen LogP contribution in [0.5, 0.6) is 0 Å². The highest BCUT2D eigenvalue weighted by Gasteiger charge is 2.31. The van der Waals surface area contributed by atoms with E-state index in [9.17, 15) is 9.59 Å². The average Bonchev–Trinajstić information content (AvgIpc) is 2.62. The SMILES string of the molecule is CC(C)(C)C(=O)NC1CCCCN(Cc2cccc(Cl)c2)C1=O. The van der Waals surface area contributed by atoms with Crippen LogP contribution in [0, 0.1) is 5.41 Å². The Morgan fingerprint density at radius 1 is 1.35 bits per heavy atom. The maximum Gasteiger partial charge on any atom is 0.245 e. The van der Waals surface area contributed by atoms with Crippen molar-refractivity contribution in [3.63, 3.8) is 0 Å². The second kappa shape index (κ2) is 7.35. The van der Waals surface area contributed by atoms with Gasteiger partial charge < -0.3 is 10.2 Å². The molecule has 1 heterocycles. The summed E-state index contributed by atoms with van der Waals surface area (Å²) in [4.78, 5) is 26.8. The van der Waals surface area contributed by atoms with Crippen LogP contribution in [-0.2, 0) is 16.1 Å². The number of amides is 2. The highest BCUT2D eigenvalue weighted by atomic mass is 35.5. The molecule has 126 valence electrons. The molecule has 1 aliphatic rings. The van der Waals surface area contributed by atoms with Crippen molar-refractivity contribution >= 4 is 23.4 Å². The van der Waals surface area contributed by atoms with Gasteiger partial charge in [0.05, 0.1) is 0 Å². The number of carbonyl (C=O) groups is 2. The maximum atomic E-state index is 12.8. The Morgan fingerprint density at radius 2 is 2.09 bits per heavy atom. The first-order valence-corrected chi connectivity index (χ1v) is 8.49. The number of carbonyl (C=O) groups excluding carboxylic acids is 2. The van der Waals surface area contributed by atoms with Crippen LogP contribution in [0.15, 0.2) is 24.3 Å². The lowest BCUT2D eigenvalue weighted by Gasteiger charge is -2.27. The minimum Gasteiger partial charge on any atom is -0.344 e. The summed E-state index contributed by atoms with van der Waals surface area (Å²) in [5.41, 5.74) is 0.512. The van der Waals surface area contributed by atoms with E-state index in [1.54, 1.807) is 0 Å². The molecule has 1 atom stereocenters. The van der Waals surface area contributed by atoms with Gasteiger partial charge in [-0.1, -0.05) is 44.5 Å². The van der Waals surface area contributed by atoms with E-state index in [1.807, 2.05) is 49.9 Å². The van der Waals surface area contributed by atoms with Gasteiger partial charge in [-0.2, -0.15) is 0 Å². The number of benzene rings is 1. The Morgan fingerprint density at radius 3 is 2.74 bits per heavy atom. The van der Waals surface area contributed by atoms with Gasteiger partial charge in [0.1, 0.15) is 6.04 Å². The third-order valence-corrected chi connectivity index (χ3v) is 4.26. The van der Waals surface area contributed by atoms with Crippen LogP contribution in [0.4, 0.5) is 0 Å². The molecule has 0 radical (unpaired) electrons. The van der Waals surface area contributed by atoms with Crippen LogP contribution in [0.25, 0.3) is 0 Å². The van der Waals surface area contributed by atoms with Crippen LogP contribution in [0.2, 0.25) is 5.02 Å². The third kappa shape index (κ3) is 4.96. The lowest BCUT2D eigenvalue weighted by molar-refractivity contribution is -0.138. The number of nitrogens with one attached hydrogen (secondary N) is 1. The van der Waals surface area contributed by atoms with Gasteiger partial charge in [-0.25, -0.2) is 0 Å². The zero-order valence-electron chi connectivity index (χ0n) is 14.1. The number of nitrogens with zero attached hydrogens (tertiary/aromatic N) is 1. The maximum absolute atomic E-state index is 12.8. The fourth-order valence-corrected chi connectivity index (χ4v) is 2.84. The van der Waals surface area contributed by atoms with Crippen molar-refractivity contribution < 1.29 is 9.59 Å². The summed E-state index contributed by atoms with van der Waals surface area (Å²) in [6, 6.07) is 7.12. The lowest BCUT2D eigenvalue weighted by Crippen LogP contribution is -2.50. The number of rotatable bonds is 3. The first kappa shape index (κ1) is 17.8. The zero-order valence-corrected chi connectivity index (χ0v) is 14.8. The van der Waals surface area contributed by atoms with Crippen molar-refractivity contribution in [1.82, 2.24) is 10.2 Å². The van der Waals surface area contributed by atoms with E-state index in [1.165, 1.54) is 0 Å². The second-order valence-electron chi connectivity index (χ2n) is 7.16. The molecule has 1 saturated heterocycles. The Kier molecular flexibility index (Phi) is 5.69. The van der Waals surface area contributed by atoms with Gasteiger partial charge in [0.15, 0.2) is 0 Å². The minimum atomic E-state index is -0.496. The fourth-order valence-electron chi connectivity index (χ4n) is 2.63. The van der Waals surface area contributed by atoms with Gasteiger partial charge in [0.25, 0.3) is 0 Å². The number of likely N-dealkylation sites (tertiary alicyclic amines) is 1. The molecule has 0 spiro atoms. The molecule has 0 bridgehead atoms. The van der Waals surface area contributed by atoms with Crippen molar-refractivity contribution in [3.05, 3.63) is 34.9 Å². The van der Waals surface area contributed by atoms with Crippen LogP contribution >= 0.6 is 11.6 Å². The van der Waals surface area contributed by atoms with Crippen LogP contribution < -0.4 is 5.32 Å². The van der Waals surface area contributed by atoms with Crippen LogP contribution in [0.3, 0.4) is 0 Å². The average molecular weight is 337 g/mol. The molecule has 1 unspecified atom stereocenters. The molecule has 1 N–H and O–H groups in total. The van der Waals surface area contributed by atoms with Crippen molar-refractivity contribution in [2.45, 2.75) is 52.6 Å². The molecule has 0 aliphatic carbocycles. The molecule has 1 aliphatic heterocycles. The van der Waals surface area contributed by atoms with Crippen LogP contribution in [0.1, 0.15) is 45.6 Å². The Balaban J connectivity index is 2.08. The number of hydrogen-bond acceptors (Lipinski definition) is 2. The van der Waals surface area contributed by atoms with E-state index in [2.05, 4.69) is 5.32 Å². The van der Waals surface area contributed by atoms with E-state index in [-0.39, 0.29) is 11.8 Å². The minimum absolute atomic E-state index is 0.0000699. The zero-order chi connectivity index (χ0) is 17.0. The monoisotopic (exact) mass is 336 g/mol. The van der Waals surface area contributed by atoms with Gasteiger partial charge in [-0.15, -0.1) is 0 Å². The van der Waals surface area contributed by atoms with E-state index in [0.29, 0.717) is 24.5 Å². The summed E-state index contributed by atoms with van der Waals surface area (Å²) in [7, 11) is 0. The summed E-state index contributed by atoms with van der Waals surface area (Å²) in [5, 5.41) is 3.59. The highest BCUT2D eigenvalue weighted by Crippen LogP contribution is 2.19. The van der Waals surface area contributed by atoms with Crippen molar-refractivity contribution in [2.75, 3.05) is 6.54 Å². The topological polar surface area (TPSA) is 49.4 Å². The lowest BCUT2D eigenvalue weighted by atomic mass is 9.95. The summed E-state index contributed by atoms with van der Waals surface area (Å²) in [5.74, 6) is -0.0828. The van der Waals surface area contributed by atoms with Gasteiger partial charge in [-0.3, -0.25) is 9.59 Å². The standard InChI is InChI=1S/C18H25ClN2O2/c1-18(2,3)17(23)20-15-9-4-5-10-21(16(15)22)12-13-7-6-8-14(19)11-13/h6-8,11,15H,4-5,9-10,12H2,1-3H3,(H,20,23). The van der Waals surface area contributed by atoms with E-state index in [4.69, 9.17) is 11.6 Å². The first-order valence-electron chi connectivity index (χ1n) is 8.11.